The molecule has 0 bridgehead atoms. The van der Waals surface area contributed by atoms with Crippen LogP contribution < -0.4 is 11.1 Å². The Morgan fingerprint density at radius 3 is 3.04 bits per heavy atom. The lowest BCUT2D eigenvalue weighted by Crippen LogP contribution is -2.35. The van der Waals surface area contributed by atoms with Crippen LogP contribution in [0.5, 0.6) is 0 Å². The number of hydrogen-bond donors (Lipinski definition) is 2. The van der Waals surface area contributed by atoms with Crippen LogP contribution in [0.4, 0.5) is 9.93 Å². The number of nitrogens with one attached hydrogen (secondary N) is 1. The van der Waals surface area contributed by atoms with E-state index >= 15 is 0 Å². The summed E-state index contributed by atoms with van der Waals surface area (Å²) in [4.78, 5) is 32.2. The van der Waals surface area contributed by atoms with E-state index in [4.69, 9.17) is 10.5 Å². The molecule has 138 valence electrons. The molecule has 1 saturated carbocycles. The van der Waals surface area contributed by atoms with Crippen LogP contribution in [0.1, 0.15) is 24.1 Å². The monoisotopic (exact) mass is 392 g/mol. The number of rotatable bonds is 7. The number of cyclic esters (lactones) is 1. The van der Waals surface area contributed by atoms with E-state index in [9.17, 15) is 9.59 Å². The van der Waals surface area contributed by atoms with Gasteiger partial charge in [0.05, 0.1) is 23.7 Å². The summed E-state index contributed by atoms with van der Waals surface area (Å²) in [6.45, 7) is 0.925. The molecule has 2 aromatic heterocycles. The summed E-state index contributed by atoms with van der Waals surface area (Å²) in [5, 5.41) is 5.38. The van der Waals surface area contributed by atoms with Crippen molar-refractivity contribution in [1.82, 2.24) is 15.2 Å². The van der Waals surface area contributed by atoms with Gasteiger partial charge in [-0.05, 0) is 30.7 Å². The Kier molecular flexibility index (Phi) is 4.82. The number of aryl methyl sites for hydroxylation is 1. The fourth-order valence-corrected chi connectivity index (χ4v) is 4.67. The van der Waals surface area contributed by atoms with Crippen molar-refractivity contribution in [3.8, 4) is 10.6 Å². The van der Waals surface area contributed by atoms with Gasteiger partial charge in [-0.2, -0.15) is 0 Å². The Morgan fingerprint density at radius 2 is 2.31 bits per heavy atom. The summed E-state index contributed by atoms with van der Waals surface area (Å²) in [5.41, 5.74) is 6.72. The highest BCUT2D eigenvalue weighted by atomic mass is 32.1. The lowest BCUT2D eigenvalue weighted by Gasteiger charge is -2.11. The average Bonchev–Trinajstić information content (AvgIpc) is 3.03. The molecule has 0 radical (unpaired) electrons. The number of ether oxygens (including phenoxy) is 1. The number of nitrogen functional groups attached to an aromatic ring is 1. The molecule has 0 aromatic carbocycles. The average molecular weight is 393 g/mol. The Balaban J connectivity index is 1.26. The third kappa shape index (κ3) is 3.83. The first-order valence-electron chi connectivity index (χ1n) is 8.63. The molecule has 1 aliphatic carbocycles. The van der Waals surface area contributed by atoms with E-state index in [1.807, 2.05) is 17.5 Å². The minimum absolute atomic E-state index is 0.0602. The summed E-state index contributed by atoms with van der Waals surface area (Å²) in [6, 6.07) is 4.32. The maximum atomic E-state index is 12.2. The quantitative estimate of drug-likeness (QED) is 0.754. The van der Waals surface area contributed by atoms with Gasteiger partial charge in [-0.15, -0.1) is 22.7 Å². The number of anilines is 1. The largest absolute Gasteiger partial charge is 0.442 e. The fraction of sp³-hybridized carbons (Fsp3) is 0.471. The summed E-state index contributed by atoms with van der Waals surface area (Å²) < 4.78 is 5.31. The van der Waals surface area contributed by atoms with Gasteiger partial charge in [0.2, 0.25) is 5.91 Å². The van der Waals surface area contributed by atoms with Gasteiger partial charge in [-0.1, -0.05) is 6.07 Å². The van der Waals surface area contributed by atoms with Crippen molar-refractivity contribution in [2.75, 3.05) is 18.8 Å². The van der Waals surface area contributed by atoms with Crippen LogP contribution in [0.3, 0.4) is 0 Å². The molecule has 2 amide bonds. The third-order valence-electron chi connectivity index (χ3n) is 4.46. The number of nitrogens with two attached hydrogens (primary N) is 1. The van der Waals surface area contributed by atoms with Gasteiger partial charge in [0, 0.05) is 17.3 Å². The summed E-state index contributed by atoms with van der Waals surface area (Å²) in [5.74, 6) is -0.0602. The highest BCUT2D eigenvalue weighted by Crippen LogP contribution is 2.33. The molecule has 4 rings (SSSR count). The molecule has 0 spiro atoms. The summed E-state index contributed by atoms with van der Waals surface area (Å²) >= 11 is 3.03. The Bertz CT molecular complexity index is 801. The van der Waals surface area contributed by atoms with Crippen LogP contribution >= 0.6 is 22.7 Å². The van der Waals surface area contributed by atoms with Crippen LogP contribution in [0, 0.1) is 0 Å². The number of carbonyl (C=O) groups excluding carboxylic acids is 2. The smallest absolute Gasteiger partial charge is 0.410 e. The predicted octanol–water partition coefficient (Wildman–Crippen LogP) is 2.49. The second-order valence-corrected chi connectivity index (χ2v) is 8.56. The molecule has 1 aliphatic heterocycles. The second kappa shape index (κ2) is 7.24. The molecule has 1 saturated heterocycles. The van der Waals surface area contributed by atoms with Gasteiger partial charge < -0.3 is 20.7 Å². The molecule has 3 N–H and O–H groups in total. The molecule has 26 heavy (non-hydrogen) atoms. The maximum Gasteiger partial charge on any atom is 0.410 e. The predicted molar refractivity (Wildman–Crippen MR) is 101 cm³/mol. The van der Waals surface area contributed by atoms with Crippen molar-refractivity contribution in [3.63, 3.8) is 0 Å². The van der Waals surface area contributed by atoms with Gasteiger partial charge in [-0.25, -0.2) is 9.78 Å². The molecular formula is C17H20N4O3S2. The highest BCUT2D eigenvalue weighted by Gasteiger charge is 2.40. The minimum Gasteiger partial charge on any atom is -0.442 e. The molecule has 1 unspecified atom stereocenters. The molecule has 2 aromatic rings. The van der Waals surface area contributed by atoms with Gasteiger partial charge in [-0.3, -0.25) is 4.79 Å². The highest BCUT2D eigenvalue weighted by molar-refractivity contribution is 7.17. The van der Waals surface area contributed by atoms with Gasteiger partial charge in [0.15, 0.2) is 5.13 Å². The molecule has 9 heteroatoms. The molecule has 2 aliphatic rings. The van der Waals surface area contributed by atoms with Crippen LogP contribution in [-0.2, 0) is 16.0 Å². The van der Waals surface area contributed by atoms with E-state index in [0.717, 1.165) is 28.3 Å². The summed E-state index contributed by atoms with van der Waals surface area (Å²) in [7, 11) is 0. The zero-order chi connectivity index (χ0) is 18.1. The Labute approximate surface area is 159 Å². The second-order valence-electron chi connectivity index (χ2n) is 6.49. The van der Waals surface area contributed by atoms with E-state index in [0.29, 0.717) is 37.1 Å². The summed E-state index contributed by atoms with van der Waals surface area (Å²) in [6.07, 6.45) is 2.54. The van der Waals surface area contributed by atoms with Crippen molar-refractivity contribution in [2.45, 2.75) is 37.8 Å². The lowest BCUT2D eigenvalue weighted by atomic mass is 10.2. The number of hydrogen-bond acceptors (Lipinski definition) is 7. The number of aromatic nitrogens is 1. The zero-order valence-corrected chi connectivity index (χ0v) is 15.8. The minimum atomic E-state index is -0.257. The number of nitrogens with zero attached hydrogens (tertiary/aromatic N) is 2. The van der Waals surface area contributed by atoms with Gasteiger partial charge in [0.25, 0.3) is 0 Å². The van der Waals surface area contributed by atoms with Gasteiger partial charge in [0.1, 0.15) is 6.10 Å². The maximum absolute atomic E-state index is 12.2. The van der Waals surface area contributed by atoms with Crippen LogP contribution in [0.25, 0.3) is 10.6 Å². The molecular weight excluding hydrogens is 372 g/mol. The van der Waals surface area contributed by atoms with E-state index in [1.54, 1.807) is 16.2 Å². The standard InChI is InChI=1S/C17H20N4O3S2/c18-16-20-15(12-2-1-7-25-12)13(26-16)5-6-14(22)19-8-11-9-21(10-3-4-10)17(23)24-11/h1-2,7,10-11H,3-6,8-9H2,(H2,18,20)(H,19,22). The molecule has 1 atom stereocenters. The molecule has 2 fully saturated rings. The number of amides is 2. The van der Waals surface area contributed by atoms with Crippen molar-refractivity contribution in [2.24, 2.45) is 0 Å². The van der Waals surface area contributed by atoms with Gasteiger partial charge >= 0.3 is 6.09 Å². The first-order valence-corrected chi connectivity index (χ1v) is 10.3. The van der Waals surface area contributed by atoms with Crippen LogP contribution in [0.15, 0.2) is 17.5 Å². The lowest BCUT2D eigenvalue weighted by molar-refractivity contribution is -0.121. The molecule has 3 heterocycles. The normalized spacial score (nSPS) is 19.6. The van der Waals surface area contributed by atoms with Crippen molar-refractivity contribution >= 4 is 39.8 Å². The van der Waals surface area contributed by atoms with Crippen molar-refractivity contribution in [3.05, 3.63) is 22.4 Å². The fourth-order valence-electron chi connectivity index (χ4n) is 3.02. The SMILES string of the molecule is Nc1nc(-c2cccs2)c(CCC(=O)NCC2CN(C3CC3)C(=O)O2)s1. The third-order valence-corrected chi connectivity index (χ3v) is 6.29. The van der Waals surface area contributed by atoms with Crippen molar-refractivity contribution < 1.29 is 14.3 Å². The molecule has 7 nitrogen and oxygen atoms in total. The van der Waals surface area contributed by atoms with E-state index < -0.39 is 0 Å². The Morgan fingerprint density at radius 1 is 1.46 bits per heavy atom. The first kappa shape index (κ1) is 17.3. The van der Waals surface area contributed by atoms with Crippen molar-refractivity contribution in [1.29, 1.82) is 0 Å². The number of thiophene rings is 1. The van der Waals surface area contributed by atoms with Crippen LogP contribution in [-0.4, -0.2) is 47.1 Å². The van der Waals surface area contributed by atoms with Crippen LogP contribution in [0.2, 0.25) is 0 Å². The number of thiazole rings is 1. The van der Waals surface area contributed by atoms with E-state index in [1.165, 1.54) is 11.3 Å². The Hall–Kier alpha value is -2.13. The van der Waals surface area contributed by atoms with E-state index in [-0.39, 0.29) is 18.1 Å². The number of carbonyl (C=O) groups is 2. The zero-order valence-electron chi connectivity index (χ0n) is 14.1. The topological polar surface area (TPSA) is 97.5 Å². The van der Waals surface area contributed by atoms with E-state index in [2.05, 4.69) is 10.3 Å². The first-order chi connectivity index (χ1) is 12.6.